The number of benzene rings is 2. The zero-order valence-electron chi connectivity index (χ0n) is 16.8. The number of rotatable bonds is 10. The fourth-order valence-electron chi connectivity index (χ4n) is 3.43. The van der Waals surface area contributed by atoms with E-state index in [1.165, 1.54) is 6.07 Å². The highest BCUT2D eigenvalue weighted by atomic mass is 79.9. The number of nitrogens with zero attached hydrogens (tertiary/aromatic N) is 1. The molecule has 1 aliphatic heterocycles. The van der Waals surface area contributed by atoms with E-state index < -0.39 is 5.82 Å². The van der Waals surface area contributed by atoms with E-state index in [9.17, 15) is 9.18 Å². The smallest absolute Gasteiger partial charge is 0.222 e. The van der Waals surface area contributed by atoms with Crippen LogP contribution in [0, 0.1) is 5.82 Å². The Balaban J connectivity index is 1.64. The number of hydrogen-bond acceptors (Lipinski definition) is 4. The highest BCUT2D eigenvalue weighted by Crippen LogP contribution is 2.37. The molecule has 0 aliphatic carbocycles. The molecule has 0 spiro atoms. The maximum absolute atomic E-state index is 14.1. The third-order valence-corrected chi connectivity index (χ3v) is 6.16. The van der Waals surface area contributed by atoms with E-state index >= 15 is 0 Å². The Morgan fingerprint density at radius 3 is 2.80 bits per heavy atom. The van der Waals surface area contributed by atoms with E-state index in [1.54, 1.807) is 25.3 Å². The first-order valence-electron chi connectivity index (χ1n) is 9.90. The van der Waals surface area contributed by atoms with Gasteiger partial charge in [-0.2, -0.15) is 0 Å². The number of carbonyl (C=O) groups excluding carboxylic acids is 1. The normalized spacial score (nSPS) is 13.7. The van der Waals surface area contributed by atoms with Crippen molar-refractivity contribution in [1.82, 2.24) is 10.2 Å². The van der Waals surface area contributed by atoms with Crippen molar-refractivity contribution >= 4 is 33.4 Å². The Morgan fingerprint density at radius 2 is 2.10 bits per heavy atom. The number of halogens is 3. The first-order chi connectivity index (χ1) is 14.5. The van der Waals surface area contributed by atoms with Crippen molar-refractivity contribution in [2.24, 2.45) is 0 Å². The van der Waals surface area contributed by atoms with Crippen molar-refractivity contribution in [1.29, 1.82) is 0 Å². The van der Waals surface area contributed by atoms with Crippen LogP contribution >= 0.6 is 27.5 Å². The lowest BCUT2D eigenvalue weighted by atomic mass is 10.1. The van der Waals surface area contributed by atoms with Gasteiger partial charge in [0.15, 0.2) is 11.5 Å². The summed E-state index contributed by atoms with van der Waals surface area (Å²) >= 11 is 9.69. The Bertz CT molecular complexity index is 877. The second kappa shape index (κ2) is 11.0. The maximum atomic E-state index is 14.1. The van der Waals surface area contributed by atoms with Gasteiger partial charge in [0, 0.05) is 41.7 Å². The summed E-state index contributed by atoms with van der Waals surface area (Å²) in [6.07, 6.45) is 2.49. The minimum Gasteiger partial charge on any atom is -0.493 e. The largest absolute Gasteiger partial charge is 0.493 e. The van der Waals surface area contributed by atoms with Crippen LogP contribution < -0.4 is 14.8 Å². The topological polar surface area (TPSA) is 50.8 Å². The quantitative estimate of drug-likeness (QED) is 0.471. The van der Waals surface area contributed by atoms with Crippen LogP contribution in [0.4, 0.5) is 4.39 Å². The molecule has 0 atom stereocenters. The molecule has 2 aromatic rings. The second-order valence-electron chi connectivity index (χ2n) is 7.06. The molecule has 0 bridgehead atoms. The molecule has 8 heteroatoms. The Morgan fingerprint density at radius 1 is 1.27 bits per heavy atom. The van der Waals surface area contributed by atoms with Gasteiger partial charge < -0.3 is 19.7 Å². The van der Waals surface area contributed by atoms with Crippen molar-refractivity contribution in [3.63, 3.8) is 0 Å². The van der Waals surface area contributed by atoms with Gasteiger partial charge in [0.2, 0.25) is 5.91 Å². The summed E-state index contributed by atoms with van der Waals surface area (Å²) in [6.45, 7) is 2.90. The number of nitrogens with one attached hydrogen (secondary N) is 1. The number of amides is 1. The molecule has 1 aliphatic rings. The lowest BCUT2D eigenvalue weighted by Gasteiger charge is -2.18. The average molecular weight is 500 g/mol. The van der Waals surface area contributed by atoms with Gasteiger partial charge in [0.1, 0.15) is 12.4 Å². The van der Waals surface area contributed by atoms with E-state index in [-0.39, 0.29) is 12.5 Å². The molecule has 3 rings (SSSR count). The van der Waals surface area contributed by atoms with E-state index in [1.807, 2.05) is 11.0 Å². The Hall–Kier alpha value is -1.83. The first kappa shape index (κ1) is 22.8. The molecule has 1 saturated heterocycles. The monoisotopic (exact) mass is 498 g/mol. The van der Waals surface area contributed by atoms with Crippen LogP contribution in [0.2, 0.25) is 5.02 Å². The van der Waals surface area contributed by atoms with Gasteiger partial charge in [-0.15, -0.1) is 0 Å². The highest BCUT2D eigenvalue weighted by Gasteiger charge is 2.19. The minimum absolute atomic E-state index is 0.0115. The maximum Gasteiger partial charge on any atom is 0.222 e. The standard InChI is InChI=1S/C22H25BrClFN2O3/c1-29-20-9-8-17(23)15(13-26-10-4-12-27-11-3-7-21(27)28)22(20)30-14-16-18(24)5-2-6-19(16)25/h2,5-6,8-9,26H,3-4,7,10-14H2,1H3. The van der Waals surface area contributed by atoms with Crippen molar-refractivity contribution < 1.29 is 18.7 Å². The average Bonchev–Trinajstić information content (AvgIpc) is 3.13. The van der Waals surface area contributed by atoms with Crippen LogP contribution in [-0.4, -0.2) is 37.6 Å². The van der Waals surface area contributed by atoms with Gasteiger partial charge in [-0.25, -0.2) is 4.39 Å². The molecule has 0 aromatic heterocycles. The molecule has 0 radical (unpaired) electrons. The summed E-state index contributed by atoms with van der Waals surface area (Å²) in [6, 6.07) is 8.24. The van der Waals surface area contributed by atoms with Crippen molar-refractivity contribution in [2.75, 3.05) is 26.7 Å². The Labute approximate surface area is 189 Å². The van der Waals surface area contributed by atoms with Crippen LogP contribution in [0.3, 0.4) is 0 Å². The second-order valence-corrected chi connectivity index (χ2v) is 8.32. The van der Waals surface area contributed by atoms with Crippen LogP contribution in [0.1, 0.15) is 30.4 Å². The summed E-state index contributed by atoms with van der Waals surface area (Å²) in [4.78, 5) is 13.6. The molecule has 0 saturated carbocycles. The Kier molecular flexibility index (Phi) is 8.36. The highest BCUT2D eigenvalue weighted by molar-refractivity contribution is 9.10. The number of methoxy groups -OCH3 is 1. The molecule has 2 aromatic carbocycles. The van der Waals surface area contributed by atoms with Crippen LogP contribution in [0.5, 0.6) is 11.5 Å². The number of carbonyl (C=O) groups is 1. The molecular formula is C22H25BrClFN2O3. The molecule has 1 heterocycles. The lowest BCUT2D eigenvalue weighted by Crippen LogP contribution is -2.28. The van der Waals surface area contributed by atoms with E-state index in [4.69, 9.17) is 21.1 Å². The number of hydrogen-bond donors (Lipinski definition) is 1. The van der Waals surface area contributed by atoms with Crippen LogP contribution in [0.25, 0.3) is 0 Å². The summed E-state index contributed by atoms with van der Waals surface area (Å²) < 4.78 is 26.4. The molecule has 0 unspecified atom stereocenters. The van der Waals surface area contributed by atoms with E-state index in [2.05, 4.69) is 21.2 Å². The fourth-order valence-corrected chi connectivity index (χ4v) is 4.10. The SMILES string of the molecule is COc1ccc(Br)c(CNCCCN2CCCC2=O)c1OCc1c(F)cccc1Cl. The van der Waals surface area contributed by atoms with Gasteiger partial charge in [-0.05, 0) is 43.7 Å². The van der Waals surface area contributed by atoms with E-state index in [0.717, 1.165) is 42.5 Å². The van der Waals surface area contributed by atoms with Gasteiger partial charge in [-0.1, -0.05) is 33.6 Å². The van der Waals surface area contributed by atoms with Crippen molar-refractivity contribution in [2.45, 2.75) is 32.4 Å². The zero-order valence-corrected chi connectivity index (χ0v) is 19.2. The predicted molar refractivity (Wildman–Crippen MR) is 119 cm³/mol. The van der Waals surface area contributed by atoms with Gasteiger partial charge in [0.25, 0.3) is 0 Å². The third kappa shape index (κ3) is 5.65. The first-order valence-corrected chi connectivity index (χ1v) is 11.1. The van der Waals surface area contributed by atoms with Crippen molar-refractivity contribution in [3.8, 4) is 11.5 Å². The molecule has 1 N–H and O–H groups in total. The number of likely N-dealkylation sites (tertiary alicyclic amines) is 1. The lowest BCUT2D eigenvalue weighted by molar-refractivity contribution is -0.127. The minimum atomic E-state index is -0.410. The van der Waals surface area contributed by atoms with E-state index in [0.29, 0.717) is 35.1 Å². The summed E-state index contributed by atoms with van der Waals surface area (Å²) in [5.74, 6) is 0.930. The molecular weight excluding hydrogens is 475 g/mol. The molecule has 162 valence electrons. The zero-order chi connectivity index (χ0) is 21.5. The summed E-state index contributed by atoms with van der Waals surface area (Å²) in [7, 11) is 1.57. The molecule has 1 amide bonds. The fraction of sp³-hybridized carbons (Fsp3) is 0.409. The molecule has 30 heavy (non-hydrogen) atoms. The van der Waals surface area contributed by atoms with Crippen LogP contribution in [0.15, 0.2) is 34.8 Å². The van der Waals surface area contributed by atoms with Crippen molar-refractivity contribution in [3.05, 3.63) is 56.8 Å². The predicted octanol–water partition coefficient (Wildman–Crippen LogP) is 4.93. The summed E-state index contributed by atoms with van der Waals surface area (Å²) in [5.41, 5.74) is 1.18. The van der Waals surface area contributed by atoms with Gasteiger partial charge in [-0.3, -0.25) is 4.79 Å². The molecule has 5 nitrogen and oxygen atoms in total. The summed E-state index contributed by atoms with van der Waals surface area (Å²) in [5, 5.41) is 3.71. The molecule has 1 fully saturated rings. The van der Waals surface area contributed by atoms with Gasteiger partial charge in [0.05, 0.1) is 12.1 Å². The number of ether oxygens (including phenoxy) is 2. The van der Waals surface area contributed by atoms with Gasteiger partial charge >= 0.3 is 0 Å². The van der Waals surface area contributed by atoms with Crippen LogP contribution in [-0.2, 0) is 17.9 Å². The third-order valence-electron chi connectivity index (χ3n) is 5.06.